The van der Waals surface area contributed by atoms with Crippen LogP contribution in [-0.2, 0) is 10.5 Å². The molecule has 80 valence electrons. The Bertz CT molecular complexity index is 366. The molecule has 1 fully saturated rings. The van der Waals surface area contributed by atoms with Gasteiger partial charge in [-0.3, -0.25) is 15.3 Å². The fraction of sp³-hybridized carbons (Fsp3) is 0.364. The fourth-order valence-electron chi connectivity index (χ4n) is 1.83. The van der Waals surface area contributed by atoms with E-state index in [1.807, 2.05) is 30.3 Å². The average Bonchev–Trinajstić information content (AvgIpc) is 2.27. The summed E-state index contributed by atoms with van der Waals surface area (Å²) in [6.45, 7) is 2.38. The van der Waals surface area contributed by atoms with Crippen LogP contribution in [0.4, 0.5) is 0 Å². The second kappa shape index (κ2) is 3.64. The SMILES string of the molecule is CC1(c2ccccc2)NCCC(=O)N1O. The van der Waals surface area contributed by atoms with Crippen LogP contribution in [-0.4, -0.2) is 22.7 Å². The summed E-state index contributed by atoms with van der Waals surface area (Å²) in [4.78, 5) is 11.4. The molecule has 1 saturated heterocycles. The quantitative estimate of drug-likeness (QED) is 0.676. The molecule has 1 atom stereocenters. The fourth-order valence-corrected chi connectivity index (χ4v) is 1.83. The zero-order valence-electron chi connectivity index (χ0n) is 8.60. The lowest BCUT2D eigenvalue weighted by atomic mass is 9.98. The summed E-state index contributed by atoms with van der Waals surface area (Å²) in [5, 5.41) is 13.7. The molecule has 1 unspecified atom stereocenters. The Morgan fingerprint density at radius 3 is 2.73 bits per heavy atom. The number of benzene rings is 1. The van der Waals surface area contributed by atoms with Crippen molar-refractivity contribution in [3.05, 3.63) is 35.9 Å². The average molecular weight is 206 g/mol. The molecule has 15 heavy (non-hydrogen) atoms. The minimum Gasteiger partial charge on any atom is -0.289 e. The predicted molar refractivity (Wildman–Crippen MR) is 55.0 cm³/mol. The lowest BCUT2D eigenvalue weighted by Gasteiger charge is -2.41. The molecule has 0 spiro atoms. The zero-order chi connectivity index (χ0) is 10.9. The van der Waals surface area contributed by atoms with Crippen LogP contribution < -0.4 is 5.32 Å². The Labute approximate surface area is 88.5 Å². The largest absolute Gasteiger partial charge is 0.289 e. The van der Waals surface area contributed by atoms with E-state index < -0.39 is 5.66 Å². The Balaban J connectivity index is 2.37. The van der Waals surface area contributed by atoms with Crippen molar-refractivity contribution >= 4 is 5.91 Å². The normalized spacial score (nSPS) is 26.8. The summed E-state index contributed by atoms with van der Waals surface area (Å²) in [7, 11) is 0. The standard InChI is InChI=1S/C11H14N2O2/c1-11(9-5-3-2-4-6-9)12-8-7-10(14)13(11)15/h2-6,12,15H,7-8H2,1H3. The van der Waals surface area contributed by atoms with E-state index in [9.17, 15) is 10.0 Å². The van der Waals surface area contributed by atoms with Crippen molar-refractivity contribution in [1.82, 2.24) is 10.4 Å². The van der Waals surface area contributed by atoms with E-state index in [0.29, 0.717) is 13.0 Å². The number of amides is 1. The van der Waals surface area contributed by atoms with Crippen molar-refractivity contribution in [3.63, 3.8) is 0 Å². The number of carbonyl (C=O) groups is 1. The molecule has 1 aliphatic rings. The molecule has 4 heteroatoms. The Kier molecular flexibility index (Phi) is 2.46. The molecule has 1 aromatic carbocycles. The van der Waals surface area contributed by atoms with E-state index in [-0.39, 0.29) is 5.91 Å². The third-order valence-electron chi connectivity index (χ3n) is 2.80. The van der Waals surface area contributed by atoms with Gasteiger partial charge in [0.15, 0.2) is 0 Å². The molecule has 1 heterocycles. The first-order valence-electron chi connectivity index (χ1n) is 4.97. The van der Waals surface area contributed by atoms with E-state index in [0.717, 1.165) is 10.6 Å². The highest BCUT2D eigenvalue weighted by Gasteiger charge is 2.39. The van der Waals surface area contributed by atoms with Crippen molar-refractivity contribution in [2.75, 3.05) is 6.54 Å². The van der Waals surface area contributed by atoms with E-state index in [4.69, 9.17) is 0 Å². The van der Waals surface area contributed by atoms with Gasteiger partial charge in [-0.15, -0.1) is 0 Å². The van der Waals surface area contributed by atoms with Crippen molar-refractivity contribution in [2.45, 2.75) is 19.0 Å². The second-order valence-corrected chi connectivity index (χ2v) is 3.82. The minimum atomic E-state index is -0.809. The van der Waals surface area contributed by atoms with Crippen LogP contribution in [0.5, 0.6) is 0 Å². The maximum absolute atomic E-state index is 11.4. The summed E-state index contributed by atoms with van der Waals surface area (Å²) in [6.07, 6.45) is 0.332. The molecule has 2 rings (SSSR count). The maximum atomic E-state index is 11.4. The molecule has 1 aliphatic heterocycles. The Morgan fingerprint density at radius 1 is 1.40 bits per heavy atom. The smallest absolute Gasteiger partial charge is 0.249 e. The van der Waals surface area contributed by atoms with E-state index in [1.54, 1.807) is 6.92 Å². The third kappa shape index (κ3) is 1.62. The minimum absolute atomic E-state index is 0.250. The summed E-state index contributed by atoms with van der Waals surface area (Å²) < 4.78 is 0. The first-order valence-corrected chi connectivity index (χ1v) is 4.97. The van der Waals surface area contributed by atoms with Crippen molar-refractivity contribution in [1.29, 1.82) is 0 Å². The molecule has 0 aromatic heterocycles. The van der Waals surface area contributed by atoms with Gasteiger partial charge in [0.1, 0.15) is 5.66 Å². The van der Waals surface area contributed by atoms with E-state index in [2.05, 4.69) is 5.32 Å². The van der Waals surface area contributed by atoms with Crippen molar-refractivity contribution < 1.29 is 10.0 Å². The molecule has 1 aromatic rings. The first-order chi connectivity index (χ1) is 7.14. The number of hydrogen-bond donors (Lipinski definition) is 2. The van der Waals surface area contributed by atoms with Gasteiger partial charge in [-0.2, -0.15) is 5.06 Å². The molecule has 1 amide bonds. The summed E-state index contributed by atoms with van der Waals surface area (Å²) in [5.41, 5.74) is 0.0666. The van der Waals surface area contributed by atoms with Crippen LogP contribution in [0.25, 0.3) is 0 Å². The summed E-state index contributed by atoms with van der Waals surface area (Å²) in [5.74, 6) is -0.250. The number of hydroxylamine groups is 2. The van der Waals surface area contributed by atoms with Crippen LogP contribution >= 0.6 is 0 Å². The molecular weight excluding hydrogens is 192 g/mol. The zero-order valence-corrected chi connectivity index (χ0v) is 8.60. The molecule has 0 aliphatic carbocycles. The second-order valence-electron chi connectivity index (χ2n) is 3.82. The highest BCUT2D eigenvalue weighted by molar-refractivity contribution is 5.77. The van der Waals surface area contributed by atoms with Gasteiger partial charge >= 0.3 is 0 Å². The monoisotopic (exact) mass is 206 g/mol. The van der Waals surface area contributed by atoms with Crippen molar-refractivity contribution in [3.8, 4) is 0 Å². The third-order valence-corrected chi connectivity index (χ3v) is 2.80. The summed E-state index contributed by atoms with van der Waals surface area (Å²) in [6, 6.07) is 9.44. The van der Waals surface area contributed by atoms with Crippen molar-refractivity contribution in [2.24, 2.45) is 0 Å². The van der Waals surface area contributed by atoms with Crippen LogP contribution in [0.15, 0.2) is 30.3 Å². The molecule has 0 radical (unpaired) electrons. The first kappa shape index (κ1) is 10.1. The van der Waals surface area contributed by atoms with Gasteiger partial charge in [0, 0.05) is 13.0 Å². The number of rotatable bonds is 1. The van der Waals surface area contributed by atoms with Crippen LogP contribution in [0.1, 0.15) is 18.9 Å². The van der Waals surface area contributed by atoms with Gasteiger partial charge in [0.25, 0.3) is 0 Å². The Morgan fingerprint density at radius 2 is 2.07 bits per heavy atom. The van der Waals surface area contributed by atoms with E-state index in [1.165, 1.54) is 0 Å². The Hall–Kier alpha value is -1.39. The number of hydrogen-bond acceptors (Lipinski definition) is 3. The summed E-state index contributed by atoms with van der Waals surface area (Å²) >= 11 is 0. The van der Waals surface area contributed by atoms with Crippen LogP contribution in [0, 0.1) is 0 Å². The topological polar surface area (TPSA) is 52.6 Å². The number of carbonyl (C=O) groups excluding carboxylic acids is 1. The van der Waals surface area contributed by atoms with Gasteiger partial charge in [-0.05, 0) is 12.5 Å². The van der Waals surface area contributed by atoms with Crippen LogP contribution in [0.2, 0.25) is 0 Å². The molecule has 4 nitrogen and oxygen atoms in total. The van der Waals surface area contributed by atoms with Gasteiger partial charge in [-0.1, -0.05) is 30.3 Å². The van der Waals surface area contributed by atoms with Crippen LogP contribution in [0.3, 0.4) is 0 Å². The van der Waals surface area contributed by atoms with Gasteiger partial charge in [0.2, 0.25) is 5.91 Å². The number of nitrogens with one attached hydrogen (secondary N) is 1. The van der Waals surface area contributed by atoms with Gasteiger partial charge in [0.05, 0.1) is 0 Å². The highest BCUT2D eigenvalue weighted by Crippen LogP contribution is 2.26. The highest BCUT2D eigenvalue weighted by atomic mass is 16.5. The molecular formula is C11H14N2O2. The van der Waals surface area contributed by atoms with Gasteiger partial charge < -0.3 is 0 Å². The maximum Gasteiger partial charge on any atom is 0.249 e. The number of nitrogens with zero attached hydrogens (tertiary/aromatic N) is 1. The predicted octanol–water partition coefficient (Wildman–Crippen LogP) is 1.07. The lowest BCUT2D eigenvalue weighted by Crippen LogP contribution is -2.59. The van der Waals surface area contributed by atoms with Gasteiger partial charge in [-0.25, -0.2) is 0 Å². The molecule has 2 N–H and O–H groups in total. The lowest BCUT2D eigenvalue weighted by molar-refractivity contribution is -0.208. The van der Waals surface area contributed by atoms with E-state index >= 15 is 0 Å². The molecule has 0 bridgehead atoms. The molecule has 0 saturated carbocycles.